The molecule has 0 fully saturated rings. The molecule has 1 amide bonds. The van der Waals surface area contributed by atoms with Crippen LogP contribution in [0, 0.1) is 5.92 Å². The summed E-state index contributed by atoms with van der Waals surface area (Å²) in [6, 6.07) is -0.677. The van der Waals surface area contributed by atoms with E-state index in [1.807, 2.05) is 19.2 Å². The third-order valence-corrected chi connectivity index (χ3v) is 2.04. The fraction of sp³-hybridized carbons (Fsp3) is 0.889. The van der Waals surface area contributed by atoms with E-state index in [1.54, 1.807) is 0 Å². The Labute approximate surface area is 87.0 Å². The minimum atomic E-state index is -4.84. The van der Waals surface area contributed by atoms with E-state index in [-0.39, 0.29) is 5.92 Å². The van der Waals surface area contributed by atoms with Crippen molar-refractivity contribution in [1.82, 2.24) is 5.32 Å². The number of hydrogen-bond donors (Lipinski definition) is 1. The minimum Gasteiger partial charge on any atom is -0.379 e. The number of methoxy groups -OCH3 is 1. The van der Waals surface area contributed by atoms with Crippen molar-refractivity contribution in [2.45, 2.75) is 39.1 Å². The molecule has 6 heteroatoms. The predicted octanol–water partition coefficient (Wildman–Crippen LogP) is 1.72. The van der Waals surface area contributed by atoms with Crippen LogP contribution in [0.15, 0.2) is 0 Å². The number of hydrogen-bond acceptors (Lipinski definition) is 2. The summed E-state index contributed by atoms with van der Waals surface area (Å²) in [5, 5.41) is 1.86. The maximum atomic E-state index is 11.9. The van der Waals surface area contributed by atoms with Gasteiger partial charge in [0.15, 0.2) is 0 Å². The molecule has 15 heavy (non-hydrogen) atoms. The normalized spacial score (nSPS) is 16.3. The number of ether oxygens (including phenoxy) is 1. The molecule has 0 rings (SSSR count). The summed E-state index contributed by atoms with van der Waals surface area (Å²) in [6.45, 7) is 5.10. The average molecular weight is 227 g/mol. The van der Waals surface area contributed by atoms with Gasteiger partial charge >= 0.3 is 12.1 Å². The molecule has 0 aliphatic rings. The SMILES string of the molecule is COC(C(C)C)C(C)NC(=O)C(F)(F)F. The van der Waals surface area contributed by atoms with Gasteiger partial charge in [-0.2, -0.15) is 13.2 Å². The molecule has 3 nitrogen and oxygen atoms in total. The summed E-state index contributed by atoms with van der Waals surface area (Å²) in [5.74, 6) is -1.91. The zero-order valence-corrected chi connectivity index (χ0v) is 9.18. The third kappa shape index (κ3) is 4.51. The van der Waals surface area contributed by atoms with Gasteiger partial charge in [-0.3, -0.25) is 4.79 Å². The molecule has 0 aromatic heterocycles. The highest BCUT2D eigenvalue weighted by Gasteiger charge is 2.40. The van der Waals surface area contributed by atoms with Gasteiger partial charge in [-0.05, 0) is 12.8 Å². The summed E-state index contributed by atoms with van der Waals surface area (Å²) in [5.41, 5.74) is 0. The van der Waals surface area contributed by atoms with Crippen molar-refractivity contribution in [3.63, 3.8) is 0 Å². The molecule has 0 aliphatic carbocycles. The lowest BCUT2D eigenvalue weighted by atomic mass is 10.0. The molecule has 0 aromatic carbocycles. The summed E-state index contributed by atoms with van der Waals surface area (Å²) in [4.78, 5) is 10.6. The zero-order valence-electron chi connectivity index (χ0n) is 9.18. The molecule has 90 valence electrons. The Morgan fingerprint density at radius 2 is 1.73 bits per heavy atom. The van der Waals surface area contributed by atoms with Crippen LogP contribution in [0.25, 0.3) is 0 Å². The fourth-order valence-electron chi connectivity index (χ4n) is 1.42. The Morgan fingerprint density at radius 3 is 2.00 bits per heavy atom. The van der Waals surface area contributed by atoms with Gasteiger partial charge in [0.1, 0.15) is 0 Å². The second-order valence-corrected chi connectivity index (χ2v) is 3.70. The van der Waals surface area contributed by atoms with Gasteiger partial charge in [-0.25, -0.2) is 0 Å². The minimum absolute atomic E-state index is 0.0264. The number of carbonyl (C=O) groups is 1. The predicted molar refractivity (Wildman–Crippen MR) is 49.3 cm³/mol. The van der Waals surface area contributed by atoms with E-state index in [4.69, 9.17) is 4.74 Å². The molecule has 0 aliphatic heterocycles. The molecule has 0 heterocycles. The van der Waals surface area contributed by atoms with Gasteiger partial charge < -0.3 is 10.1 Å². The van der Waals surface area contributed by atoms with Gasteiger partial charge in [0, 0.05) is 7.11 Å². The molecule has 0 aromatic rings. The Bertz CT molecular complexity index is 216. The summed E-state index contributed by atoms with van der Waals surface area (Å²) in [7, 11) is 1.40. The van der Waals surface area contributed by atoms with E-state index >= 15 is 0 Å². The Kier molecular flexibility index (Phi) is 5.07. The Morgan fingerprint density at radius 1 is 1.27 bits per heavy atom. The molecule has 0 spiro atoms. The van der Waals surface area contributed by atoms with Crippen LogP contribution in [0.2, 0.25) is 0 Å². The molecule has 0 bridgehead atoms. The lowest BCUT2D eigenvalue weighted by Crippen LogP contribution is -2.49. The molecule has 0 saturated carbocycles. The Balaban J connectivity index is 4.35. The number of carbonyl (C=O) groups excluding carboxylic acids is 1. The van der Waals surface area contributed by atoms with E-state index in [0.29, 0.717) is 0 Å². The number of halogens is 3. The second kappa shape index (κ2) is 5.34. The summed E-state index contributed by atoms with van der Waals surface area (Å²) < 4.78 is 40.8. The summed E-state index contributed by atoms with van der Waals surface area (Å²) >= 11 is 0. The van der Waals surface area contributed by atoms with Gasteiger partial charge in [0.25, 0.3) is 0 Å². The lowest BCUT2D eigenvalue weighted by molar-refractivity contribution is -0.175. The van der Waals surface area contributed by atoms with Crippen LogP contribution in [0.3, 0.4) is 0 Å². The standard InChI is InChI=1S/C9H16F3NO2/c1-5(2)7(15-4)6(3)13-8(14)9(10,11)12/h5-7H,1-4H3,(H,13,14). The van der Waals surface area contributed by atoms with Crippen molar-refractivity contribution in [3.05, 3.63) is 0 Å². The van der Waals surface area contributed by atoms with Crippen molar-refractivity contribution in [3.8, 4) is 0 Å². The average Bonchev–Trinajstić information content (AvgIpc) is 2.02. The number of alkyl halides is 3. The zero-order chi connectivity index (χ0) is 12.2. The monoisotopic (exact) mass is 227 g/mol. The number of rotatable bonds is 4. The first-order chi connectivity index (χ1) is 6.70. The van der Waals surface area contributed by atoms with Crippen molar-refractivity contribution in [2.75, 3.05) is 7.11 Å². The van der Waals surface area contributed by atoms with Crippen molar-refractivity contribution < 1.29 is 22.7 Å². The highest BCUT2D eigenvalue weighted by Crippen LogP contribution is 2.16. The van der Waals surface area contributed by atoms with Crippen molar-refractivity contribution in [2.24, 2.45) is 5.92 Å². The van der Waals surface area contributed by atoms with E-state index in [0.717, 1.165) is 0 Å². The smallest absolute Gasteiger partial charge is 0.379 e. The van der Waals surface area contributed by atoms with Crippen molar-refractivity contribution in [1.29, 1.82) is 0 Å². The van der Waals surface area contributed by atoms with Gasteiger partial charge in [0.2, 0.25) is 0 Å². The topological polar surface area (TPSA) is 38.3 Å². The highest BCUT2D eigenvalue weighted by molar-refractivity contribution is 5.81. The van der Waals surface area contributed by atoms with E-state index in [9.17, 15) is 18.0 Å². The first-order valence-electron chi connectivity index (χ1n) is 4.60. The van der Waals surface area contributed by atoms with E-state index < -0.39 is 24.2 Å². The van der Waals surface area contributed by atoms with Crippen LogP contribution < -0.4 is 5.32 Å². The second-order valence-electron chi connectivity index (χ2n) is 3.70. The highest BCUT2D eigenvalue weighted by atomic mass is 19.4. The molecule has 1 N–H and O–H groups in total. The maximum Gasteiger partial charge on any atom is 0.471 e. The van der Waals surface area contributed by atoms with Crippen LogP contribution >= 0.6 is 0 Å². The quantitative estimate of drug-likeness (QED) is 0.794. The largest absolute Gasteiger partial charge is 0.471 e. The number of nitrogens with one attached hydrogen (secondary N) is 1. The first kappa shape index (κ1) is 14.2. The van der Waals surface area contributed by atoms with Crippen LogP contribution in [0.4, 0.5) is 13.2 Å². The van der Waals surface area contributed by atoms with Gasteiger partial charge in [0.05, 0.1) is 12.1 Å². The molecular formula is C9H16F3NO2. The molecular weight excluding hydrogens is 211 g/mol. The molecule has 2 unspecified atom stereocenters. The molecule has 2 atom stereocenters. The van der Waals surface area contributed by atoms with Crippen LogP contribution in [-0.4, -0.2) is 31.3 Å². The van der Waals surface area contributed by atoms with E-state index in [2.05, 4.69) is 0 Å². The molecule has 0 radical (unpaired) electrons. The van der Waals surface area contributed by atoms with Gasteiger partial charge in [-0.15, -0.1) is 0 Å². The van der Waals surface area contributed by atoms with Gasteiger partial charge in [-0.1, -0.05) is 13.8 Å². The Hall–Kier alpha value is -0.780. The number of amides is 1. The van der Waals surface area contributed by atoms with Crippen LogP contribution in [0.5, 0.6) is 0 Å². The lowest BCUT2D eigenvalue weighted by Gasteiger charge is -2.27. The molecule has 0 saturated heterocycles. The fourth-order valence-corrected chi connectivity index (χ4v) is 1.42. The van der Waals surface area contributed by atoms with Crippen molar-refractivity contribution >= 4 is 5.91 Å². The van der Waals surface area contributed by atoms with Crippen LogP contribution in [0.1, 0.15) is 20.8 Å². The first-order valence-corrected chi connectivity index (χ1v) is 4.60. The maximum absolute atomic E-state index is 11.9. The summed E-state index contributed by atoms with van der Waals surface area (Å²) in [6.07, 6.45) is -5.28. The third-order valence-electron chi connectivity index (χ3n) is 2.04. The van der Waals surface area contributed by atoms with Crippen LogP contribution in [-0.2, 0) is 9.53 Å². The van der Waals surface area contributed by atoms with E-state index in [1.165, 1.54) is 14.0 Å².